The predicted octanol–water partition coefficient (Wildman–Crippen LogP) is 5.47. The van der Waals surface area contributed by atoms with Crippen molar-refractivity contribution in [2.75, 3.05) is 12.0 Å². The maximum Gasteiger partial charge on any atom is 0.271 e. The SMILES string of the molecule is COc1cc(C2C3=CCC4C(=O)N(c5cccc([N+](=O)[O-])c5)C(=O)C4C3CC3=C2C(=O)C=C(C)C3=O)c(Br)c(Br)c1O. The number of carbonyl (C=O) groups is 4. The molecule has 0 radical (unpaired) electrons. The molecule has 1 saturated heterocycles. The molecular formula is C30H22Br2N2O8. The first-order valence-electron chi connectivity index (χ1n) is 13.0. The van der Waals surface area contributed by atoms with Crippen molar-refractivity contribution in [1.82, 2.24) is 0 Å². The van der Waals surface area contributed by atoms with Crippen molar-refractivity contribution in [3.05, 3.63) is 89.4 Å². The smallest absolute Gasteiger partial charge is 0.271 e. The summed E-state index contributed by atoms with van der Waals surface area (Å²) in [7, 11) is 1.39. The lowest BCUT2D eigenvalue weighted by atomic mass is 9.59. The van der Waals surface area contributed by atoms with Gasteiger partial charge in [0.2, 0.25) is 11.8 Å². The third-order valence-corrected chi connectivity index (χ3v) is 10.7. The Balaban J connectivity index is 1.52. The number of Topliss-reactive ketones (excluding diaryl/α,β-unsaturated/α-hetero) is 1. The van der Waals surface area contributed by atoms with E-state index < -0.39 is 40.4 Å². The summed E-state index contributed by atoms with van der Waals surface area (Å²) in [4.78, 5) is 66.5. The van der Waals surface area contributed by atoms with Crippen molar-refractivity contribution in [3.63, 3.8) is 0 Å². The molecule has 0 spiro atoms. The minimum absolute atomic E-state index is 0.0877. The third-order valence-electron chi connectivity index (χ3n) is 8.57. The molecular weight excluding hydrogens is 676 g/mol. The lowest BCUT2D eigenvalue weighted by Gasteiger charge is -2.42. The Hall–Kier alpha value is -3.90. The van der Waals surface area contributed by atoms with Gasteiger partial charge >= 0.3 is 0 Å². The molecule has 10 nitrogen and oxygen atoms in total. The van der Waals surface area contributed by atoms with E-state index in [4.69, 9.17) is 4.74 Å². The van der Waals surface area contributed by atoms with E-state index >= 15 is 0 Å². The highest BCUT2D eigenvalue weighted by atomic mass is 79.9. The fraction of sp³-hybridized carbons (Fsp3) is 0.267. The largest absolute Gasteiger partial charge is 0.503 e. The zero-order valence-electron chi connectivity index (χ0n) is 22.2. The molecule has 1 heterocycles. The summed E-state index contributed by atoms with van der Waals surface area (Å²) in [6, 6.07) is 6.97. The number of halogens is 2. The highest BCUT2D eigenvalue weighted by Gasteiger charge is 2.57. The number of carbonyl (C=O) groups excluding carboxylic acids is 4. The summed E-state index contributed by atoms with van der Waals surface area (Å²) in [6.45, 7) is 1.57. The summed E-state index contributed by atoms with van der Waals surface area (Å²) in [5, 5.41) is 22.0. The standard InChI is InChI=1S/C30H22Br2N2O8/c1-12-8-20(35)24-19(27(12)36)10-17-15(22(24)18-11-21(42-2)28(37)26(32)25(18)31)6-7-16-23(17)30(39)33(29(16)38)13-4-3-5-14(9-13)34(40)41/h3-6,8-9,11,16-17,22-23,37H,7,10H2,1-2H3. The minimum atomic E-state index is -0.844. The number of nitro benzene ring substituents is 1. The molecule has 42 heavy (non-hydrogen) atoms. The van der Waals surface area contributed by atoms with Crippen LogP contribution >= 0.6 is 31.9 Å². The van der Waals surface area contributed by atoms with Crippen LogP contribution < -0.4 is 9.64 Å². The zero-order valence-corrected chi connectivity index (χ0v) is 25.4. The van der Waals surface area contributed by atoms with Crippen molar-refractivity contribution in [2.45, 2.75) is 25.7 Å². The molecule has 4 aliphatic rings. The van der Waals surface area contributed by atoms with E-state index in [1.165, 1.54) is 37.5 Å². The van der Waals surface area contributed by atoms with Crippen molar-refractivity contribution in [1.29, 1.82) is 0 Å². The number of non-ortho nitro benzene ring substituents is 1. The van der Waals surface area contributed by atoms with Gasteiger partial charge in [-0.3, -0.25) is 29.3 Å². The number of hydrogen-bond acceptors (Lipinski definition) is 8. The fourth-order valence-corrected chi connectivity index (χ4v) is 7.67. The normalized spacial score (nSPS) is 25.1. The molecule has 2 aromatic carbocycles. The van der Waals surface area contributed by atoms with E-state index in [0.717, 1.165) is 4.90 Å². The molecule has 6 rings (SSSR count). The number of phenols is 1. The van der Waals surface area contributed by atoms with Crippen LogP contribution in [0, 0.1) is 27.9 Å². The number of anilines is 1. The number of benzene rings is 2. The monoisotopic (exact) mass is 696 g/mol. The van der Waals surface area contributed by atoms with Gasteiger partial charge in [0.25, 0.3) is 5.69 Å². The molecule has 1 fully saturated rings. The molecule has 0 aromatic heterocycles. The molecule has 3 aliphatic carbocycles. The summed E-state index contributed by atoms with van der Waals surface area (Å²) in [5.74, 6) is -4.55. The Kier molecular flexibility index (Phi) is 6.81. The number of nitro groups is 1. The summed E-state index contributed by atoms with van der Waals surface area (Å²) >= 11 is 6.92. The number of fused-ring (bicyclic) bond motifs is 3. The molecule has 0 bridgehead atoms. The molecule has 12 heteroatoms. The first kappa shape index (κ1) is 28.2. The zero-order chi connectivity index (χ0) is 30.2. The Morgan fingerprint density at radius 2 is 1.81 bits per heavy atom. The molecule has 0 saturated carbocycles. The molecule has 2 aromatic rings. The second-order valence-corrected chi connectivity index (χ2v) is 12.2. The van der Waals surface area contributed by atoms with Gasteiger partial charge in [-0.2, -0.15) is 0 Å². The average Bonchev–Trinajstić information content (AvgIpc) is 3.23. The molecule has 2 amide bonds. The van der Waals surface area contributed by atoms with Crippen LogP contribution in [0.3, 0.4) is 0 Å². The number of ether oxygens (including phenoxy) is 1. The number of nitrogens with zero attached hydrogens (tertiary/aromatic N) is 2. The first-order chi connectivity index (χ1) is 20.0. The van der Waals surface area contributed by atoms with E-state index in [1.807, 2.05) is 6.08 Å². The van der Waals surface area contributed by atoms with Gasteiger partial charge in [-0.25, -0.2) is 4.90 Å². The lowest BCUT2D eigenvalue weighted by Crippen LogP contribution is -2.40. The second kappa shape index (κ2) is 10.1. The third kappa shape index (κ3) is 4.03. The van der Waals surface area contributed by atoms with Gasteiger partial charge in [0, 0.05) is 39.2 Å². The lowest BCUT2D eigenvalue weighted by molar-refractivity contribution is -0.384. The van der Waals surface area contributed by atoms with Gasteiger partial charge in [-0.1, -0.05) is 17.7 Å². The number of amides is 2. The molecule has 214 valence electrons. The number of allylic oxidation sites excluding steroid dienone is 6. The van der Waals surface area contributed by atoms with Crippen LogP contribution in [0.2, 0.25) is 0 Å². The summed E-state index contributed by atoms with van der Waals surface area (Å²) < 4.78 is 6.12. The van der Waals surface area contributed by atoms with Crippen LogP contribution in [0.1, 0.15) is 31.2 Å². The molecule has 4 unspecified atom stereocenters. The van der Waals surface area contributed by atoms with Crippen LogP contribution in [0.15, 0.2) is 73.7 Å². The van der Waals surface area contributed by atoms with Crippen molar-refractivity contribution in [3.8, 4) is 11.5 Å². The fourth-order valence-electron chi connectivity index (χ4n) is 6.72. The number of phenolic OH excluding ortho intramolecular Hbond substituents is 1. The van der Waals surface area contributed by atoms with Crippen molar-refractivity contribution in [2.24, 2.45) is 17.8 Å². The van der Waals surface area contributed by atoms with Gasteiger partial charge in [0.1, 0.15) is 0 Å². The number of hydrogen-bond donors (Lipinski definition) is 1. The van der Waals surface area contributed by atoms with E-state index in [-0.39, 0.29) is 58.4 Å². The topological polar surface area (TPSA) is 144 Å². The van der Waals surface area contributed by atoms with Crippen LogP contribution in [0.4, 0.5) is 11.4 Å². The Morgan fingerprint density at radius 3 is 2.50 bits per heavy atom. The van der Waals surface area contributed by atoms with Crippen LogP contribution in [-0.2, 0) is 19.2 Å². The summed E-state index contributed by atoms with van der Waals surface area (Å²) in [6.07, 6.45) is 3.47. The number of imide groups is 1. The number of ketones is 2. The van der Waals surface area contributed by atoms with Crippen LogP contribution in [0.5, 0.6) is 11.5 Å². The second-order valence-electron chi connectivity index (χ2n) is 10.7. The van der Waals surface area contributed by atoms with E-state index in [1.54, 1.807) is 13.0 Å². The first-order valence-corrected chi connectivity index (χ1v) is 14.6. The molecule has 1 N–H and O–H groups in total. The maximum absolute atomic E-state index is 14.0. The number of aromatic hydroxyl groups is 1. The van der Waals surface area contributed by atoms with Gasteiger partial charge in [-0.15, -0.1) is 0 Å². The highest BCUT2D eigenvalue weighted by molar-refractivity contribution is 9.13. The Bertz CT molecular complexity index is 1760. The molecule has 4 atom stereocenters. The quantitative estimate of drug-likeness (QED) is 0.146. The Labute approximate surface area is 256 Å². The van der Waals surface area contributed by atoms with E-state index in [9.17, 15) is 34.4 Å². The van der Waals surface area contributed by atoms with Crippen LogP contribution in [-0.4, -0.2) is 40.5 Å². The highest BCUT2D eigenvalue weighted by Crippen LogP contribution is 2.57. The van der Waals surface area contributed by atoms with Crippen LogP contribution in [0.25, 0.3) is 0 Å². The molecule has 1 aliphatic heterocycles. The van der Waals surface area contributed by atoms with Gasteiger partial charge < -0.3 is 9.84 Å². The van der Waals surface area contributed by atoms with Crippen molar-refractivity contribution >= 4 is 66.6 Å². The van der Waals surface area contributed by atoms with Gasteiger partial charge in [-0.05, 0) is 81.3 Å². The predicted molar refractivity (Wildman–Crippen MR) is 157 cm³/mol. The Morgan fingerprint density at radius 1 is 1.07 bits per heavy atom. The summed E-state index contributed by atoms with van der Waals surface area (Å²) in [5.41, 5.74) is 1.98. The minimum Gasteiger partial charge on any atom is -0.503 e. The number of methoxy groups -OCH3 is 1. The van der Waals surface area contributed by atoms with E-state index in [0.29, 0.717) is 25.7 Å². The van der Waals surface area contributed by atoms with Gasteiger partial charge in [0.15, 0.2) is 23.1 Å². The van der Waals surface area contributed by atoms with Crippen molar-refractivity contribution < 1.29 is 33.9 Å². The van der Waals surface area contributed by atoms with E-state index in [2.05, 4.69) is 31.9 Å². The average molecular weight is 698 g/mol. The number of rotatable bonds is 4. The van der Waals surface area contributed by atoms with Gasteiger partial charge in [0.05, 0.1) is 34.0 Å². The maximum atomic E-state index is 14.0.